The fourth-order valence-electron chi connectivity index (χ4n) is 2.99. The lowest BCUT2D eigenvalue weighted by Gasteiger charge is -2.13. The molecule has 2 aromatic carbocycles. The van der Waals surface area contributed by atoms with Gasteiger partial charge in [-0.25, -0.2) is 0 Å². The van der Waals surface area contributed by atoms with E-state index < -0.39 is 0 Å². The van der Waals surface area contributed by atoms with Crippen molar-refractivity contribution in [3.05, 3.63) is 63.1 Å². The summed E-state index contributed by atoms with van der Waals surface area (Å²) in [5, 5.41) is 14.1. The first-order valence-corrected chi connectivity index (χ1v) is 7.30. The van der Waals surface area contributed by atoms with Crippen molar-refractivity contribution < 1.29 is 5.11 Å². The summed E-state index contributed by atoms with van der Waals surface area (Å²) in [5.74, 6) is 0.580. The number of hydrogen-bond donors (Lipinski definition) is 2. The number of hydrogen-bond acceptors (Lipinski definition) is 2. The van der Waals surface area contributed by atoms with Gasteiger partial charge in [0.2, 0.25) is 0 Å². The SMILES string of the molecule is CN[C@@H]1C[C@@H](c2ccc(Cl)c(Cl)c2)c2ccc(O)cc21. The third-order valence-corrected chi connectivity index (χ3v) is 4.73. The van der Waals surface area contributed by atoms with Gasteiger partial charge in [-0.2, -0.15) is 0 Å². The quantitative estimate of drug-likeness (QED) is 0.856. The highest BCUT2D eigenvalue weighted by atomic mass is 35.5. The summed E-state index contributed by atoms with van der Waals surface area (Å²) in [6.07, 6.45) is 0.952. The van der Waals surface area contributed by atoms with E-state index in [2.05, 4.69) is 5.32 Å². The van der Waals surface area contributed by atoms with Crippen LogP contribution in [0.2, 0.25) is 10.0 Å². The lowest BCUT2D eigenvalue weighted by Crippen LogP contribution is -2.13. The average molecular weight is 308 g/mol. The highest BCUT2D eigenvalue weighted by molar-refractivity contribution is 6.42. The van der Waals surface area contributed by atoms with E-state index in [1.54, 1.807) is 6.07 Å². The van der Waals surface area contributed by atoms with Crippen LogP contribution in [0.5, 0.6) is 5.75 Å². The maximum atomic E-state index is 9.68. The van der Waals surface area contributed by atoms with E-state index >= 15 is 0 Å². The number of nitrogens with one attached hydrogen (secondary N) is 1. The second-order valence-electron chi connectivity index (χ2n) is 5.12. The van der Waals surface area contributed by atoms with Gasteiger partial charge in [0.25, 0.3) is 0 Å². The van der Waals surface area contributed by atoms with Crippen LogP contribution in [0.1, 0.15) is 35.1 Å². The zero-order valence-corrected chi connectivity index (χ0v) is 12.5. The van der Waals surface area contributed by atoms with Crippen molar-refractivity contribution >= 4 is 23.2 Å². The molecule has 2 N–H and O–H groups in total. The summed E-state index contributed by atoms with van der Waals surface area (Å²) in [4.78, 5) is 0. The number of phenols is 1. The van der Waals surface area contributed by atoms with Crippen LogP contribution in [-0.2, 0) is 0 Å². The molecule has 1 aliphatic carbocycles. The second-order valence-corrected chi connectivity index (χ2v) is 5.93. The van der Waals surface area contributed by atoms with Crippen LogP contribution in [0.3, 0.4) is 0 Å². The van der Waals surface area contributed by atoms with Gasteiger partial charge in [0.1, 0.15) is 5.75 Å². The molecule has 0 bridgehead atoms. The van der Waals surface area contributed by atoms with Gasteiger partial charge in [-0.3, -0.25) is 0 Å². The summed E-state index contributed by atoms with van der Waals surface area (Å²) in [6.45, 7) is 0. The molecule has 0 radical (unpaired) electrons. The monoisotopic (exact) mass is 307 g/mol. The second kappa shape index (κ2) is 5.28. The third kappa shape index (κ3) is 2.28. The summed E-state index contributed by atoms with van der Waals surface area (Å²) in [6, 6.07) is 11.6. The molecule has 0 saturated carbocycles. The molecule has 3 rings (SSSR count). The van der Waals surface area contributed by atoms with E-state index in [0.29, 0.717) is 15.8 Å². The van der Waals surface area contributed by atoms with Gasteiger partial charge in [-0.15, -0.1) is 0 Å². The molecule has 0 spiro atoms. The minimum absolute atomic E-state index is 0.247. The summed E-state index contributed by atoms with van der Waals surface area (Å²) in [5.41, 5.74) is 3.55. The predicted octanol–water partition coefficient (Wildman–Crippen LogP) is 4.50. The van der Waals surface area contributed by atoms with Crippen LogP contribution in [-0.4, -0.2) is 12.2 Å². The smallest absolute Gasteiger partial charge is 0.115 e. The lowest BCUT2D eigenvalue weighted by atomic mass is 9.93. The first-order chi connectivity index (χ1) is 9.60. The zero-order valence-electron chi connectivity index (χ0n) is 11.0. The minimum atomic E-state index is 0.247. The van der Waals surface area contributed by atoms with Crippen LogP contribution in [0.15, 0.2) is 36.4 Å². The van der Waals surface area contributed by atoms with E-state index in [0.717, 1.165) is 17.5 Å². The van der Waals surface area contributed by atoms with E-state index in [1.807, 2.05) is 37.4 Å². The Kier molecular flexibility index (Phi) is 3.63. The molecule has 0 amide bonds. The van der Waals surface area contributed by atoms with Gasteiger partial charge >= 0.3 is 0 Å². The fraction of sp³-hybridized carbons (Fsp3) is 0.250. The molecule has 0 unspecified atom stereocenters. The molecule has 104 valence electrons. The Morgan fingerprint density at radius 3 is 2.55 bits per heavy atom. The van der Waals surface area contributed by atoms with E-state index in [9.17, 15) is 5.11 Å². The molecule has 2 aromatic rings. The van der Waals surface area contributed by atoms with Gasteiger partial charge in [0, 0.05) is 12.0 Å². The molecular weight excluding hydrogens is 293 g/mol. The summed E-state index contributed by atoms with van der Waals surface area (Å²) >= 11 is 12.1. The van der Waals surface area contributed by atoms with Gasteiger partial charge in [0.05, 0.1) is 10.0 Å². The molecule has 0 heterocycles. The van der Waals surface area contributed by atoms with Crippen LogP contribution >= 0.6 is 23.2 Å². The Morgan fingerprint density at radius 1 is 1.05 bits per heavy atom. The maximum absolute atomic E-state index is 9.68. The first-order valence-electron chi connectivity index (χ1n) is 6.55. The Balaban J connectivity index is 2.06. The number of aromatic hydroxyl groups is 1. The van der Waals surface area contributed by atoms with Crippen molar-refractivity contribution in [1.29, 1.82) is 0 Å². The van der Waals surface area contributed by atoms with Gasteiger partial charge in [-0.05, 0) is 54.4 Å². The van der Waals surface area contributed by atoms with Crippen LogP contribution in [0.4, 0.5) is 0 Å². The third-order valence-electron chi connectivity index (χ3n) is 3.99. The van der Waals surface area contributed by atoms with Gasteiger partial charge in [-0.1, -0.05) is 35.3 Å². The Hall–Kier alpha value is -1.22. The van der Waals surface area contributed by atoms with Crippen molar-refractivity contribution in [3.63, 3.8) is 0 Å². The Morgan fingerprint density at radius 2 is 1.85 bits per heavy atom. The van der Waals surface area contributed by atoms with Gasteiger partial charge < -0.3 is 10.4 Å². The molecule has 0 aliphatic heterocycles. The van der Waals surface area contributed by atoms with Crippen molar-refractivity contribution in [2.24, 2.45) is 0 Å². The molecule has 0 saturated heterocycles. The maximum Gasteiger partial charge on any atom is 0.115 e. The van der Waals surface area contributed by atoms with Gasteiger partial charge in [0.15, 0.2) is 0 Å². The topological polar surface area (TPSA) is 32.3 Å². The number of fused-ring (bicyclic) bond motifs is 1. The number of benzene rings is 2. The first kappa shape index (κ1) is 13.7. The molecule has 2 atom stereocenters. The summed E-state index contributed by atoms with van der Waals surface area (Å²) < 4.78 is 0. The number of rotatable bonds is 2. The van der Waals surface area contributed by atoms with Crippen molar-refractivity contribution in [3.8, 4) is 5.75 Å². The lowest BCUT2D eigenvalue weighted by molar-refractivity contribution is 0.473. The van der Waals surface area contributed by atoms with Crippen molar-refractivity contribution in [2.45, 2.75) is 18.4 Å². The molecule has 0 fully saturated rings. The van der Waals surface area contributed by atoms with Crippen LogP contribution in [0, 0.1) is 0 Å². The molecular formula is C16H15Cl2NO. The normalized spacial score (nSPS) is 20.9. The molecule has 4 heteroatoms. The largest absolute Gasteiger partial charge is 0.508 e. The number of phenolic OH excluding ortho intramolecular Hbond substituents is 1. The Labute approximate surface area is 128 Å². The highest BCUT2D eigenvalue weighted by Crippen LogP contribution is 2.45. The van der Waals surface area contributed by atoms with E-state index in [1.165, 1.54) is 5.56 Å². The van der Waals surface area contributed by atoms with E-state index in [4.69, 9.17) is 23.2 Å². The fourth-order valence-corrected chi connectivity index (χ4v) is 3.30. The zero-order chi connectivity index (χ0) is 14.3. The van der Waals surface area contributed by atoms with Crippen molar-refractivity contribution in [2.75, 3.05) is 7.05 Å². The minimum Gasteiger partial charge on any atom is -0.508 e. The van der Waals surface area contributed by atoms with E-state index in [-0.39, 0.29) is 12.0 Å². The average Bonchev–Trinajstić information content (AvgIpc) is 2.79. The Bertz CT molecular complexity index is 657. The predicted molar refractivity (Wildman–Crippen MR) is 82.8 cm³/mol. The van der Waals surface area contributed by atoms with Crippen molar-refractivity contribution in [1.82, 2.24) is 5.32 Å². The molecule has 0 aromatic heterocycles. The molecule has 20 heavy (non-hydrogen) atoms. The number of halogens is 2. The van der Waals surface area contributed by atoms with Crippen LogP contribution in [0.25, 0.3) is 0 Å². The summed E-state index contributed by atoms with van der Waals surface area (Å²) in [7, 11) is 1.94. The highest BCUT2D eigenvalue weighted by Gasteiger charge is 2.31. The standard InChI is InChI=1S/C16H15Cl2NO/c1-19-16-8-12(9-2-5-14(17)15(18)6-9)11-4-3-10(20)7-13(11)16/h2-7,12,16,19-20H,8H2,1H3/t12-,16+/m0/s1. The molecule has 2 nitrogen and oxygen atoms in total. The van der Waals surface area contributed by atoms with Crippen LogP contribution < -0.4 is 5.32 Å². The molecule has 1 aliphatic rings.